The molecule has 0 saturated carbocycles. The second-order valence-electron chi connectivity index (χ2n) is 13.0. The summed E-state index contributed by atoms with van der Waals surface area (Å²) in [5.74, 6) is 0.593. The molecular weight excluding hydrogens is 646 g/mol. The summed E-state index contributed by atoms with van der Waals surface area (Å²) in [6.45, 7) is 4.66. The molecule has 51 heavy (non-hydrogen) atoms. The van der Waals surface area contributed by atoms with E-state index < -0.39 is 6.29 Å². The van der Waals surface area contributed by atoms with Gasteiger partial charge in [0.2, 0.25) is 17.8 Å². The molecule has 0 aliphatic carbocycles. The Morgan fingerprint density at radius 1 is 0.804 bits per heavy atom. The van der Waals surface area contributed by atoms with Crippen LogP contribution >= 0.6 is 0 Å². The van der Waals surface area contributed by atoms with Gasteiger partial charge in [0, 0.05) is 76.5 Å². The highest BCUT2D eigenvalue weighted by Crippen LogP contribution is 2.38. The number of nitrogens with two attached hydrogens (primary N) is 1. The fraction of sp³-hybridized carbons (Fsp3) is 0.385. The number of piperazine rings is 1. The number of benzene rings is 3. The average molecular weight is 694 g/mol. The lowest BCUT2D eigenvalue weighted by molar-refractivity contribution is -0.253. The lowest BCUT2D eigenvalue weighted by Gasteiger charge is -2.40. The van der Waals surface area contributed by atoms with Crippen LogP contribution in [0.15, 0.2) is 91.3 Å². The molecule has 0 radical (unpaired) electrons. The highest BCUT2D eigenvalue weighted by molar-refractivity contribution is 5.93. The number of para-hydroxylation sites is 2. The van der Waals surface area contributed by atoms with Gasteiger partial charge in [0.1, 0.15) is 0 Å². The zero-order chi connectivity index (χ0) is 35.4. The standard InChI is InChI=1S/C39H47N7O5/c40-33-6-1-2-7-34(33)44-37(49)9-4-3-8-36(48)43-25-28-10-16-31(17-11-28)38-50-32(24-35(51-38)30-14-12-29(27-47)13-15-30)26-45-20-22-46(23-21-45)39-41-18-5-19-42-39/h1-2,5-7,10-19,32,35,38,47H,3-4,8-9,20-27,40H2,(H,43,48)(H,44,49)/t32-,35+,38+/m0/s1. The molecule has 2 aliphatic rings. The molecule has 2 amide bonds. The van der Waals surface area contributed by atoms with Crippen molar-refractivity contribution < 1.29 is 24.2 Å². The van der Waals surface area contributed by atoms with Crippen molar-refractivity contribution in [1.29, 1.82) is 0 Å². The monoisotopic (exact) mass is 693 g/mol. The lowest BCUT2D eigenvalue weighted by atomic mass is 9.99. The van der Waals surface area contributed by atoms with Crippen LogP contribution in [0.2, 0.25) is 0 Å². The molecule has 2 saturated heterocycles. The number of aliphatic hydroxyl groups is 1. The molecule has 4 aromatic rings. The smallest absolute Gasteiger partial charge is 0.225 e. The van der Waals surface area contributed by atoms with Crippen molar-refractivity contribution in [2.75, 3.05) is 48.7 Å². The quantitative estimate of drug-likeness (QED) is 0.108. The van der Waals surface area contributed by atoms with Gasteiger partial charge >= 0.3 is 0 Å². The average Bonchev–Trinajstić information content (AvgIpc) is 3.17. The highest BCUT2D eigenvalue weighted by atomic mass is 16.7. The van der Waals surface area contributed by atoms with Crippen LogP contribution in [0.25, 0.3) is 0 Å². The van der Waals surface area contributed by atoms with Gasteiger partial charge in [-0.25, -0.2) is 9.97 Å². The van der Waals surface area contributed by atoms with Gasteiger partial charge in [-0.1, -0.05) is 60.7 Å². The van der Waals surface area contributed by atoms with E-state index >= 15 is 0 Å². The summed E-state index contributed by atoms with van der Waals surface area (Å²) in [5.41, 5.74) is 10.8. The SMILES string of the molecule is Nc1ccccc1NC(=O)CCCCC(=O)NCc1ccc([C@@H]2O[C@H](CN3CCN(c4ncccn4)CC3)C[C@H](c3ccc(CO)cc3)O2)cc1. The summed E-state index contributed by atoms with van der Waals surface area (Å²) in [4.78, 5) is 38.2. The number of rotatable bonds is 14. The summed E-state index contributed by atoms with van der Waals surface area (Å²) in [7, 11) is 0. The van der Waals surface area contributed by atoms with E-state index in [1.54, 1.807) is 24.5 Å². The molecule has 2 fully saturated rings. The molecule has 5 N–H and O–H groups in total. The second kappa shape index (κ2) is 17.9. The topological polar surface area (TPSA) is 155 Å². The van der Waals surface area contributed by atoms with E-state index in [-0.39, 0.29) is 30.6 Å². The first-order valence-corrected chi connectivity index (χ1v) is 17.7. The molecule has 0 unspecified atom stereocenters. The number of ether oxygens (including phenoxy) is 2. The van der Waals surface area contributed by atoms with E-state index in [4.69, 9.17) is 15.2 Å². The molecule has 12 nitrogen and oxygen atoms in total. The largest absolute Gasteiger partial charge is 0.397 e. The maximum absolute atomic E-state index is 12.5. The van der Waals surface area contributed by atoms with E-state index in [9.17, 15) is 14.7 Å². The van der Waals surface area contributed by atoms with E-state index in [0.29, 0.717) is 50.0 Å². The Balaban J connectivity index is 0.990. The molecule has 3 aromatic carbocycles. The van der Waals surface area contributed by atoms with E-state index in [1.165, 1.54) is 0 Å². The first-order valence-electron chi connectivity index (χ1n) is 17.7. The zero-order valence-electron chi connectivity index (χ0n) is 28.8. The van der Waals surface area contributed by atoms with Gasteiger partial charge in [0.25, 0.3) is 0 Å². The number of nitrogens with zero attached hydrogens (tertiary/aromatic N) is 4. The molecule has 1 aromatic heterocycles. The van der Waals surface area contributed by atoms with Crippen molar-refractivity contribution >= 4 is 29.1 Å². The zero-order valence-corrected chi connectivity index (χ0v) is 28.8. The lowest BCUT2D eigenvalue weighted by Crippen LogP contribution is -2.50. The third kappa shape index (κ3) is 10.3. The van der Waals surface area contributed by atoms with Gasteiger partial charge < -0.3 is 35.8 Å². The molecular formula is C39H47N7O5. The first-order chi connectivity index (χ1) is 24.9. The van der Waals surface area contributed by atoms with Crippen molar-refractivity contribution in [2.24, 2.45) is 0 Å². The summed E-state index contributed by atoms with van der Waals surface area (Å²) in [6, 6.07) is 24.9. The van der Waals surface area contributed by atoms with Crippen LogP contribution < -0.4 is 21.3 Å². The van der Waals surface area contributed by atoms with Crippen molar-refractivity contribution in [2.45, 2.75) is 63.8 Å². The molecule has 268 valence electrons. The van der Waals surface area contributed by atoms with Crippen LogP contribution in [0, 0.1) is 0 Å². The van der Waals surface area contributed by atoms with Crippen molar-refractivity contribution in [3.8, 4) is 0 Å². The molecule has 3 heterocycles. The molecule has 12 heteroatoms. The maximum Gasteiger partial charge on any atom is 0.225 e. The number of amides is 2. The third-order valence-electron chi connectivity index (χ3n) is 9.32. The van der Waals surface area contributed by atoms with E-state index in [1.807, 2.05) is 66.7 Å². The van der Waals surface area contributed by atoms with Crippen LogP contribution in [0.4, 0.5) is 17.3 Å². The van der Waals surface area contributed by atoms with Crippen LogP contribution in [0.3, 0.4) is 0 Å². The van der Waals surface area contributed by atoms with Crippen molar-refractivity contribution in [3.05, 3.63) is 114 Å². The van der Waals surface area contributed by atoms with Crippen molar-refractivity contribution in [1.82, 2.24) is 20.2 Å². The summed E-state index contributed by atoms with van der Waals surface area (Å²) < 4.78 is 13.1. The number of nitrogen functional groups attached to an aromatic ring is 1. The molecule has 0 bridgehead atoms. The van der Waals surface area contributed by atoms with Crippen LogP contribution in [0.1, 0.15) is 66.8 Å². The number of hydrogen-bond acceptors (Lipinski definition) is 10. The Kier molecular flexibility index (Phi) is 12.6. The Bertz CT molecular complexity index is 1700. The van der Waals surface area contributed by atoms with Gasteiger partial charge in [-0.2, -0.15) is 0 Å². The maximum atomic E-state index is 12.5. The minimum absolute atomic E-state index is 0.00284. The van der Waals surface area contributed by atoms with Gasteiger partial charge in [-0.05, 0) is 47.7 Å². The number of aliphatic hydroxyl groups excluding tert-OH is 1. The fourth-order valence-electron chi connectivity index (χ4n) is 6.38. The molecule has 3 atom stereocenters. The summed E-state index contributed by atoms with van der Waals surface area (Å²) in [5, 5.41) is 15.3. The normalized spacial score (nSPS) is 19.4. The predicted octanol–water partition coefficient (Wildman–Crippen LogP) is 4.73. The summed E-state index contributed by atoms with van der Waals surface area (Å²) >= 11 is 0. The minimum Gasteiger partial charge on any atom is -0.397 e. The number of hydrogen-bond donors (Lipinski definition) is 4. The number of carbonyl (C=O) groups is 2. The number of nitrogens with one attached hydrogen (secondary N) is 2. The number of aromatic nitrogens is 2. The minimum atomic E-state index is -0.551. The van der Waals surface area contributed by atoms with Crippen LogP contribution in [0.5, 0.6) is 0 Å². The molecule has 0 spiro atoms. The Labute approximate surface area is 299 Å². The van der Waals surface area contributed by atoms with Gasteiger partial charge in [0.15, 0.2) is 6.29 Å². The molecule has 6 rings (SSSR count). The Morgan fingerprint density at radius 2 is 1.47 bits per heavy atom. The number of unbranched alkanes of at least 4 members (excludes halogenated alkanes) is 1. The summed E-state index contributed by atoms with van der Waals surface area (Å²) in [6.07, 6.45) is 5.39. The number of anilines is 3. The van der Waals surface area contributed by atoms with E-state index in [0.717, 1.165) is 60.9 Å². The third-order valence-corrected chi connectivity index (χ3v) is 9.32. The first kappa shape index (κ1) is 35.9. The molecule has 2 aliphatic heterocycles. The van der Waals surface area contributed by atoms with Crippen LogP contribution in [-0.2, 0) is 32.2 Å². The Morgan fingerprint density at radius 3 is 2.18 bits per heavy atom. The second-order valence-corrected chi connectivity index (χ2v) is 13.0. The van der Waals surface area contributed by atoms with Crippen LogP contribution in [-0.4, -0.2) is 70.6 Å². The van der Waals surface area contributed by atoms with Gasteiger partial charge in [-0.15, -0.1) is 0 Å². The fourth-order valence-corrected chi connectivity index (χ4v) is 6.38. The highest BCUT2D eigenvalue weighted by Gasteiger charge is 2.34. The van der Waals surface area contributed by atoms with E-state index in [2.05, 4.69) is 30.4 Å². The number of carbonyl (C=O) groups excluding carboxylic acids is 2. The van der Waals surface area contributed by atoms with Gasteiger partial charge in [-0.3, -0.25) is 14.5 Å². The Hall–Kier alpha value is -4.88. The van der Waals surface area contributed by atoms with Gasteiger partial charge in [0.05, 0.1) is 30.2 Å². The predicted molar refractivity (Wildman–Crippen MR) is 195 cm³/mol. The van der Waals surface area contributed by atoms with Crippen molar-refractivity contribution in [3.63, 3.8) is 0 Å².